The van der Waals surface area contributed by atoms with Gasteiger partial charge in [-0.15, -0.1) is 0 Å². The molecule has 0 saturated carbocycles. The number of hydrogen-bond donors (Lipinski definition) is 1. The number of carboxylic acid groups (broad SMARTS) is 1. The van der Waals surface area contributed by atoms with Crippen LogP contribution in [0.3, 0.4) is 0 Å². The van der Waals surface area contributed by atoms with Crippen LogP contribution in [0.25, 0.3) is 0 Å². The van der Waals surface area contributed by atoms with E-state index < -0.39 is 54.4 Å². The predicted molar refractivity (Wildman–Crippen MR) is 78.4 cm³/mol. The Bertz CT molecular complexity index is 657. The number of hydrogen-bond acceptors (Lipinski definition) is 3. The quantitative estimate of drug-likeness (QED) is 0.836. The minimum absolute atomic E-state index is 0.168. The topological polar surface area (TPSA) is 66.8 Å². The average Bonchev–Trinajstić information content (AvgIpc) is 2.94. The molecule has 2 atom stereocenters. The van der Waals surface area contributed by atoms with Crippen LogP contribution in [0.2, 0.25) is 0 Å². The first-order valence-corrected chi connectivity index (χ1v) is 7.45. The molecule has 9 heteroatoms. The molecule has 1 aromatic rings. The third kappa shape index (κ3) is 4.21. The molecule has 1 N–H and O–H groups in total. The zero-order valence-electron chi connectivity index (χ0n) is 13.5. The number of halogens is 4. The number of carbonyl (C=O) groups is 2. The minimum Gasteiger partial charge on any atom is -0.481 e. The van der Waals surface area contributed by atoms with Gasteiger partial charge in [0, 0.05) is 13.1 Å². The largest absolute Gasteiger partial charge is 0.481 e. The third-order valence-electron chi connectivity index (χ3n) is 4.05. The van der Waals surface area contributed by atoms with E-state index in [0.717, 1.165) is 17.0 Å². The van der Waals surface area contributed by atoms with E-state index in [2.05, 4.69) is 0 Å². The second kappa shape index (κ2) is 6.53. The Balaban J connectivity index is 2.15. The maximum atomic E-state index is 13.0. The predicted octanol–water partition coefficient (Wildman–Crippen LogP) is 2.70. The van der Waals surface area contributed by atoms with Gasteiger partial charge < -0.3 is 14.7 Å². The maximum absolute atomic E-state index is 13.0. The van der Waals surface area contributed by atoms with E-state index in [9.17, 15) is 27.2 Å². The summed E-state index contributed by atoms with van der Waals surface area (Å²) in [4.78, 5) is 24.5. The number of nitrogens with zero attached hydrogens (tertiary/aromatic N) is 1. The molecule has 1 saturated heterocycles. The molecule has 0 aliphatic carbocycles. The smallest absolute Gasteiger partial charge is 0.394 e. The van der Waals surface area contributed by atoms with Crippen molar-refractivity contribution < 1.29 is 37.0 Å². The molecule has 0 radical (unpaired) electrons. The molecule has 0 aromatic heterocycles. The molecule has 25 heavy (non-hydrogen) atoms. The highest BCUT2D eigenvalue weighted by Gasteiger charge is 2.54. The Kier molecular flexibility index (Phi) is 4.97. The van der Waals surface area contributed by atoms with Crippen LogP contribution in [0.4, 0.5) is 17.6 Å². The molecule has 0 spiro atoms. The van der Waals surface area contributed by atoms with Crippen molar-refractivity contribution >= 4 is 11.9 Å². The molecule has 1 heterocycles. The number of rotatable bonds is 4. The summed E-state index contributed by atoms with van der Waals surface area (Å²) < 4.78 is 57.4. The highest BCUT2D eigenvalue weighted by Crippen LogP contribution is 2.38. The highest BCUT2D eigenvalue weighted by molar-refractivity contribution is 5.86. The van der Waals surface area contributed by atoms with E-state index in [1.54, 1.807) is 0 Å². The first kappa shape index (κ1) is 19.0. The summed E-state index contributed by atoms with van der Waals surface area (Å²) in [6.07, 6.45) is -4.72. The van der Waals surface area contributed by atoms with Crippen molar-refractivity contribution in [3.8, 4) is 5.75 Å². The van der Waals surface area contributed by atoms with Crippen LogP contribution < -0.4 is 4.74 Å². The summed E-state index contributed by atoms with van der Waals surface area (Å²) in [7, 11) is 0. The average molecular weight is 363 g/mol. The summed E-state index contributed by atoms with van der Waals surface area (Å²) in [5, 5.41) is 9.01. The lowest BCUT2D eigenvalue weighted by molar-refractivity contribution is -0.188. The summed E-state index contributed by atoms with van der Waals surface area (Å²) in [6.45, 7) is 1.43. The summed E-state index contributed by atoms with van der Waals surface area (Å²) in [6, 6.07) is 4.80. The molecule has 2 rings (SSSR count). The van der Waals surface area contributed by atoms with Crippen LogP contribution in [0.5, 0.6) is 5.75 Å². The van der Waals surface area contributed by atoms with E-state index in [0.29, 0.717) is 0 Å². The Labute approximate surface area is 141 Å². The van der Waals surface area contributed by atoms with Gasteiger partial charge >= 0.3 is 12.1 Å². The second-order valence-corrected chi connectivity index (χ2v) is 6.37. The van der Waals surface area contributed by atoms with Crippen molar-refractivity contribution in [3.63, 3.8) is 0 Å². The lowest BCUT2D eigenvalue weighted by Crippen LogP contribution is -2.48. The highest BCUT2D eigenvalue weighted by atomic mass is 19.4. The number of amides is 1. The molecular formula is C16H17F4NO4. The van der Waals surface area contributed by atoms with Gasteiger partial charge in [0.05, 0.1) is 11.8 Å². The number of benzene rings is 1. The fourth-order valence-electron chi connectivity index (χ4n) is 2.77. The molecule has 1 aliphatic rings. The molecule has 1 aliphatic heterocycles. The molecule has 5 nitrogen and oxygen atoms in total. The van der Waals surface area contributed by atoms with Crippen LogP contribution in [0, 0.1) is 17.7 Å². The molecule has 0 bridgehead atoms. The molecule has 138 valence electrons. The van der Waals surface area contributed by atoms with Crippen LogP contribution in [0.1, 0.15) is 13.8 Å². The van der Waals surface area contributed by atoms with Gasteiger partial charge in [-0.25, -0.2) is 4.39 Å². The summed E-state index contributed by atoms with van der Waals surface area (Å²) >= 11 is 0. The van der Waals surface area contributed by atoms with E-state index in [1.807, 2.05) is 0 Å². The Morgan fingerprint density at radius 2 is 1.72 bits per heavy atom. The standard InChI is InChI=1S/C16H17F4NO4/c1-15(2,25-10-5-3-9(17)4-6-10)14(24)21-7-11(13(22)23)12(8-21)16(18,19)20/h3-6,11-12H,7-8H2,1-2H3,(H,22,23)/t11-,12-/m1/s1. The molecule has 0 unspecified atom stereocenters. The normalized spacial score (nSPS) is 21.3. The van der Waals surface area contributed by atoms with Crippen molar-refractivity contribution in [1.29, 1.82) is 0 Å². The maximum Gasteiger partial charge on any atom is 0.394 e. The molecule has 1 amide bonds. The fraction of sp³-hybridized carbons (Fsp3) is 0.500. The van der Waals surface area contributed by atoms with Gasteiger partial charge in [-0.05, 0) is 38.1 Å². The lowest BCUT2D eigenvalue weighted by atomic mass is 9.96. The number of likely N-dealkylation sites (tertiary alicyclic amines) is 1. The van der Waals surface area contributed by atoms with Gasteiger partial charge in [0.25, 0.3) is 5.91 Å². The van der Waals surface area contributed by atoms with E-state index >= 15 is 0 Å². The summed E-state index contributed by atoms with van der Waals surface area (Å²) in [5.74, 6) is -6.56. The van der Waals surface area contributed by atoms with Crippen LogP contribution in [-0.2, 0) is 9.59 Å². The van der Waals surface area contributed by atoms with E-state index in [-0.39, 0.29) is 5.75 Å². The Morgan fingerprint density at radius 3 is 2.16 bits per heavy atom. The Hall–Kier alpha value is -2.32. The third-order valence-corrected chi connectivity index (χ3v) is 4.05. The lowest BCUT2D eigenvalue weighted by Gasteiger charge is -2.30. The van der Waals surface area contributed by atoms with E-state index in [4.69, 9.17) is 9.84 Å². The molecule has 1 aromatic carbocycles. The van der Waals surface area contributed by atoms with Gasteiger partial charge in [-0.3, -0.25) is 9.59 Å². The first-order valence-electron chi connectivity index (χ1n) is 7.45. The van der Waals surface area contributed by atoms with Gasteiger partial charge in [0.1, 0.15) is 11.6 Å². The molecular weight excluding hydrogens is 346 g/mol. The minimum atomic E-state index is -4.72. The fourth-order valence-corrected chi connectivity index (χ4v) is 2.77. The van der Waals surface area contributed by atoms with Crippen LogP contribution in [0.15, 0.2) is 24.3 Å². The number of ether oxygens (including phenoxy) is 1. The SMILES string of the molecule is CC(C)(Oc1ccc(F)cc1)C(=O)N1C[C@@H](C(F)(F)F)[C@H](C(=O)O)C1. The van der Waals surface area contributed by atoms with Crippen LogP contribution in [-0.4, -0.2) is 46.7 Å². The number of alkyl halides is 3. The first-order chi connectivity index (χ1) is 11.4. The van der Waals surface area contributed by atoms with Crippen molar-refractivity contribution in [2.75, 3.05) is 13.1 Å². The second-order valence-electron chi connectivity index (χ2n) is 6.37. The monoisotopic (exact) mass is 363 g/mol. The molecule has 1 fully saturated rings. The van der Waals surface area contributed by atoms with Crippen LogP contribution >= 0.6 is 0 Å². The van der Waals surface area contributed by atoms with Gasteiger partial charge in [0.15, 0.2) is 5.60 Å². The summed E-state index contributed by atoms with van der Waals surface area (Å²) in [5.41, 5.74) is -1.54. The van der Waals surface area contributed by atoms with Crippen molar-refractivity contribution in [1.82, 2.24) is 4.90 Å². The van der Waals surface area contributed by atoms with Gasteiger partial charge in [-0.1, -0.05) is 0 Å². The number of carboxylic acids is 1. The van der Waals surface area contributed by atoms with Crippen molar-refractivity contribution in [2.45, 2.75) is 25.6 Å². The zero-order chi connectivity index (χ0) is 19.0. The van der Waals surface area contributed by atoms with Crippen molar-refractivity contribution in [3.05, 3.63) is 30.1 Å². The van der Waals surface area contributed by atoms with Crippen molar-refractivity contribution in [2.24, 2.45) is 11.8 Å². The van der Waals surface area contributed by atoms with Gasteiger partial charge in [-0.2, -0.15) is 13.2 Å². The zero-order valence-corrected chi connectivity index (χ0v) is 13.5. The number of aliphatic carboxylic acids is 1. The van der Waals surface area contributed by atoms with Gasteiger partial charge in [0.2, 0.25) is 0 Å². The number of carbonyl (C=O) groups excluding carboxylic acids is 1. The van der Waals surface area contributed by atoms with E-state index in [1.165, 1.54) is 26.0 Å². The Morgan fingerprint density at radius 1 is 1.16 bits per heavy atom.